The van der Waals surface area contributed by atoms with Crippen LogP contribution >= 0.6 is 0 Å². The molecule has 7 heteroatoms. The van der Waals surface area contributed by atoms with Crippen molar-refractivity contribution in [1.82, 2.24) is 25.0 Å². The highest BCUT2D eigenvalue weighted by molar-refractivity contribution is 6.08. The van der Waals surface area contributed by atoms with Crippen LogP contribution in [0.25, 0.3) is 33.1 Å². The number of aromatic nitrogens is 5. The summed E-state index contributed by atoms with van der Waals surface area (Å²) in [6.45, 7) is 4.54. The van der Waals surface area contributed by atoms with Gasteiger partial charge in [0.05, 0.1) is 11.2 Å². The lowest BCUT2D eigenvalue weighted by Gasteiger charge is -2.03. The number of rotatable bonds is 6. The Morgan fingerprint density at radius 1 is 1.26 bits per heavy atom. The number of ketones is 1. The first kappa shape index (κ1) is 17.2. The van der Waals surface area contributed by atoms with Crippen LogP contribution < -0.4 is 5.73 Å². The molecule has 0 unspecified atom stereocenters. The number of pyridine rings is 1. The number of anilines is 1. The number of nitrogens with two attached hydrogens (primary N) is 1. The van der Waals surface area contributed by atoms with Gasteiger partial charge in [0.25, 0.3) is 0 Å². The van der Waals surface area contributed by atoms with Crippen molar-refractivity contribution in [3.05, 3.63) is 36.7 Å². The Kier molecular flexibility index (Phi) is 4.35. The van der Waals surface area contributed by atoms with Gasteiger partial charge in [-0.25, -0.2) is 4.98 Å². The molecule has 4 rings (SSSR count). The fraction of sp³-hybridized carbons (Fsp3) is 0.300. The second kappa shape index (κ2) is 6.83. The quantitative estimate of drug-likeness (QED) is 0.546. The third kappa shape index (κ3) is 3.28. The van der Waals surface area contributed by atoms with Gasteiger partial charge in [-0.05, 0) is 18.6 Å². The van der Waals surface area contributed by atoms with Gasteiger partial charge in [0.2, 0.25) is 0 Å². The number of hydrogen-bond donors (Lipinski definition) is 2. The summed E-state index contributed by atoms with van der Waals surface area (Å²) < 4.78 is 1.86. The molecule has 0 amide bonds. The summed E-state index contributed by atoms with van der Waals surface area (Å²) in [7, 11) is 0. The summed E-state index contributed by atoms with van der Waals surface area (Å²) in [5.74, 6) is 0.774. The molecule has 0 aliphatic rings. The van der Waals surface area contributed by atoms with Crippen LogP contribution in [0.5, 0.6) is 0 Å². The fourth-order valence-electron chi connectivity index (χ4n) is 3.24. The molecule has 0 spiro atoms. The number of nitrogens with zero attached hydrogens (tertiary/aromatic N) is 4. The van der Waals surface area contributed by atoms with Gasteiger partial charge in [-0.1, -0.05) is 26.0 Å². The van der Waals surface area contributed by atoms with Crippen LogP contribution in [0.2, 0.25) is 0 Å². The first-order valence-electron chi connectivity index (χ1n) is 9.12. The number of benzene rings is 1. The van der Waals surface area contributed by atoms with Crippen molar-refractivity contribution >= 4 is 33.4 Å². The maximum atomic E-state index is 11.8. The number of carbonyl (C=O) groups excluding carboxylic acids is 1. The van der Waals surface area contributed by atoms with Gasteiger partial charge in [-0.15, -0.1) is 0 Å². The Labute approximate surface area is 156 Å². The molecule has 27 heavy (non-hydrogen) atoms. The lowest BCUT2D eigenvalue weighted by Crippen LogP contribution is -2.08. The lowest BCUT2D eigenvalue weighted by molar-refractivity contribution is -0.122. The predicted molar refractivity (Wildman–Crippen MR) is 106 cm³/mol. The third-order valence-electron chi connectivity index (χ3n) is 4.80. The molecule has 7 nitrogen and oxygen atoms in total. The normalized spacial score (nSPS) is 11.7. The summed E-state index contributed by atoms with van der Waals surface area (Å²) in [6, 6.07) is 7.98. The van der Waals surface area contributed by atoms with E-state index in [0.717, 1.165) is 34.0 Å². The highest BCUT2D eigenvalue weighted by Gasteiger charge is 2.13. The van der Waals surface area contributed by atoms with Gasteiger partial charge >= 0.3 is 0 Å². The zero-order valence-corrected chi connectivity index (χ0v) is 15.4. The second-order valence-electron chi connectivity index (χ2n) is 7.08. The van der Waals surface area contributed by atoms with Gasteiger partial charge in [0.1, 0.15) is 11.3 Å². The van der Waals surface area contributed by atoms with Crippen molar-refractivity contribution in [2.24, 2.45) is 5.92 Å². The summed E-state index contributed by atoms with van der Waals surface area (Å²) in [5, 5.41) is 13.5. The highest BCUT2D eigenvalue weighted by Crippen LogP contribution is 2.30. The molecule has 0 aliphatic heterocycles. The molecular formula is C20H22N6O. The average Bonchev–Trinajstić information content (AvgIpc) is 3.31. The van der Waals surface area contributed by atoms with E-state index in [1.807, 2.05) is 49.0 Å². The monoisotopic (exact) mass is 362 g/mol. The zero-order valence-electron chi connectivity index (χ0n) is 15.4. The molecule has 0 saturated heterocycles. The Balaban J connectivity index is 1.67. The van der Waals surface area contributed by atoms with Crippen LogP contribution in [0, 0.1) is 5.92 Å². The summed E-state index contributed by atoms with van der Waals surface area (Å²) in [6.07, 6.45) is 5.04. The molecule has 1 aromatic carbocycles. The molecule has 0 saturated carbocycles. The Morgan fingerprint density at radius 3 is 2.85 bits per heavy atom. The maximum absolute atomic E-state index is 11.8. The van der Waals surface area contributed by atoms with Gasteiger partial charge < -0.3 is 5.73 Å². The fourth-order valence-corrected chi connectivity index (χ4v) is 3.24. The summed E-state index contributed by atoms with van der Waals surface area (Å²) in [4.78, 5) is 16.3. The topological polar surface area (TPSA) is 102 Å². The van der Waals surface area contributed by atoms with Crippen molar-refractivity contribution in [2.75, 3.05) is 5.73 Å². The number of aromatic amines is 1. The minimum atomic E-state index is 0.0783. The Morgan fingerprint density at radius 2 is 2.11 bits per heavy atom. The molecular weight excluding hydrogens is 340 g/mol. The largest absolute Gasteiger partial charge is 0.382 e. The van der Waals surface area contributed by atoms with Gasteiger partial charge in [0, 0.05) is 47.6 Å². The highest BCUT2D eigenvalue weighted by atomic mass is 16.1. The molecule has 4 aromatic rings. The standard InChI is InChI=1S/C20H22N6O/c1-12(2)18(27)4-3-9-26-11-15-14-6-5-13(16-7-8-22-24-16)10-17(14)23-20(21)19(15)25-26/h5-8,10-12H,3-4,9H2,1-2H3,(H2,21,23)(H,22,24). The van der Waals surface area contributed by atoms with Crippen LogP contribution in [-0.2, 0) is 11.3 Å². The van der Waals surface area contributed by atoms with Gasteiger partial charge in [-0.2, -0.15) is 10.2 Å². The molecule has 3 N–H and O–H groups in total. The van der Waals surface area contributed by atoms with Crippen LogP contribution in [-0.4, -0.2) is 30.7 Å². The molecule has 0 bridgehead atoms. The van der Waals surface area contributed by atoms with Crippen LogP contribution in [0.3, 0.4) is 0 Å². The average molecular weight is 362 g/mol. The first-order chi connectivity index (χ1) is 13.0. The van der Waals surface area contributed by atoms with E-state index in [2.05, 4.69) is 20.3 Å². The van der Waals surface area contributed by atoms with E-state index >= 15 is 0 Å². The van der Waals surface area contributed by atoms with Crippen molar-refractivity contribution in [3.63, 3.8) is 0 Å². The molecule has 3 aromatic heterocycles. The molecule has 138 valence electrons. The Bertz CT molecular complexity index is 1110. The van der Waals surface area contributed by atoms with Crippen molar-refractivity contribution in [2.45, 2.75) is 33.2 Å². The van der Waals surface area contributed by atoms with E-state index < -0.39 is 0 Å². The molecule has 0 radical (unpaired) electrons. The minimum Gasteiger partial charge on any atom is -0.382 e. The van der Waals surface area contributed by atoms with Gasteiger partial charge in [-0.3, -0.25) is 14.6 Å². The number of nitrogen functional groups attached to an aromatic ring is 1. The van der Waals surface area contributed by atoms with E-state index in [-0.39, 0.29) is 11.7 Å². The number of aryl methyl sites for hydroxylation is 1. The molecule has 0 aliphatic carbocycles. The maximum Gasteiger partial charge on any atom is 0.152 e. The predicted octanol–water partition coefficient (Wildman–Crippen LogP) is 3.56. The van der Waals surface area contributed by atoms with Crippen LogP contribution in [0.15, 0.2) is 36.7 Å². The van der Waals surface area contributed by atoms with E-state index in [4.69, 9.17) is 5.73 Å². The first-order valence-corrected chi connectivity index (χ1v) is 9.12. The summed E-state index contributed by atoms with van der Waals surface area (Å²) in [5.41, 5.74) is 9.62. The molecule has 0 fully saturated rings. The van der Waals surface area contributed by atoms with E-state index in [9.17, 15) is 4.79 Å². The Hall–Kier alpha value is -3.22. The summed E-state index contributed by atoms with van der Waals surface area (Å²) >= 11 is 0. The number of Topliss-reactive ketones (excluding diaryl/α,β-unsaturated/α-hetero) is 1. The minimum absolute atomic E-state index is 0.0783. The number of carbonyl (C=O) groups is 1. The van der Waals surface area contributed by atoms with Crippen LogP contribution in [0.4, 0.5) is 5.82 Å². The van der Waals surface area contributed by atoms with Crippen molar-refractivity contribution < 1.29 is 4.79 Å². The lowest BCUT2D eigenvalue weighted by atomic mass is 10.0. The van der Waals surface area contributed by atoms with Gasteiger partial charge in [0.15, 0.2) is 5.82 Å². The molecule has 3 heterocycles. The number of nitrogens with one attached hydrogen (secondary N) is 1. The van der Waals surface area contributed by atoms with Crippen molar-refractivity contribution in [1.29, 1.82) is 0 Å². The second-order valence-corrected chi connectivity index (χ2v) is 7.08. The number of hydrogen-bond acceptors (Lipinski definition) is 5. The molecule has 0 atom stereocenters. The number of fused-ring (bicyclic) bond motifs is 3. The third-order valence-corrected chi connectivity index (χ3v) is 4.80. The van der Waals surface area contributed by atoms with E-state index in [1.54, 1.807) is 6.20 Å². The van der Waals surface area contributed by atoms with Crippen molar-refractivity contribution in [3.8, 4) is 11.3 Å². The van der Waals surface area contributed by atoms with Crippen LogP contribution in [0.1, 0.15) is 26.7 Å². The smallest absolute Gasteiger partial charge is 0.152 e. The van der Waals surface area contributed by atoms with E-state index in [0.29, 0.717) is 24.3 Å². The number of H-pyrrole nitrogens is 1. The SMILES string of the molecule is CC(C)C(=O)CCCn1cc2c(n1)c(N)nc1cc(-c3ccn[nH]3)ccc12. The zero-order chi connectivity index (χ0) is 19.0. The van der Waals surface area contributed by atoms with E-state index in [1.165, 1.54) is 0 Å².